The highest BCUT2D eigenvalue weighted by Crippen LogP contribution is 2.26. The van der Waals surface area contributed by atoms with Crippen LogP contribution in [0.1, 0.15) is 28.8 Å². The number of benzene rings is 2. The van der Waals surface area contributed by atoms with Gasteiger partial charge in [0.25, 0.3) is 0 Å². The average Bonchev–Trinajstić information content (AvgIpc) is 2.83. The molecule has 3 aromatic rings. The summed E-state index contributed by atoms with van der Waals surface area (Å²) in [4.78, 5) is 0. The fourth-order valence-electron chi connectivity index (χ4n) is 3.20. The van der Waals surface area contributed by atoms with Crippen LogP contribution < -0.4 is 0 Å². The van der Waals surface area contributed by atoms with E-state index < -0.39 is 0 Å². The number of nitrogens with zero attached hydrogens (tertiary/aromatic N) is 1. The summed E-state index contributed by atoms with van der Waals surface area (Å²) in [7, 11) is 0. The van der Waals surface area contributed by atoms with E-state index in [1.54, 1.807) is 0 Å². The smallest absolute Gasteiger partial charge is 0.0514 e. The Labute approximate surface area is 127 Å². The van der Waals surface area contributed by atoms with E-state index in [1.165, 1.54) is 39.7 Å². The first kappa shape index (κ1) is 13.9. The van der Waals surface area contributed by atoms with Crippen LogP contribution in [0.3, 0.4) is 0 Å². The van der Waals surface area contributed by atoms with Gasteiger partial charge in [-0.3, -0.25) is 0 Å². The SMILES string of the molecule is Cc1ccc(C)c2c1cc(C)n2CCCc1ccccc1. The number of hydrogen-bond acceptors (Lipinski definition) is 0. The van der Waals surface area contributed by atoms with Gasteiger partial charge in [0.2, 0.25) is 0 Å². The zero-order valence-corrected chi connectivity index (χ0v) is 13.2. The Morgan fingerprint density at radius 1 is 0.857 bits per heavy atom. The summed E-state index contributed by atoms with van der Waals surface area (Å²) in [6.07, 6.45) is 2.33. The molecule has 0 aliphatic heterocycles. The maximum Gasteiger partial charge on any atom is 0.0514 e. The Morgan fingerprint density at radius 2 is 1.57 bits per heavy atom. The highest BCUT2D eigenvalue weighted by molar-refractivity contribution is 5.87. The molecule has 2 aromatic carbocycles. The topological polar surface area (TPSA) is 4.93 Å². The fourth-order valence-corrected chi connectivity index (χ4v) is 3.20. The van der Waals surface area contributed by atoms with Crippen molar-refractivity contribution in [2.75, 3.05) is 0 Å². The van der Waals surface area contributed by atoms with E-state index in [0.717, 1.165) is 13.0 Å². The Hall–Kier alpha value is -2.02. The largest absolute Gasteiger partial charge is 0.345 e. The molecule has 21 heavy (non-hydrogen) atoms. The fraction of sp³-hybridized carbons (Fsp3) is 0.300. The first-order valence-electron chi connectivity index (χ1n) is 7.77. The zero-order chi connectivity index (χ0) is 14.8. The lowest BCUT2D eigenvalue weighted by atomic mass is 10.1. The van der Waals surface area contributed by atoms with Crippen molar-refractivity contribution in [3.8, 4) is 0 Å². The van der Waals surface area contributed by atoms with Gasteiger partial charge in [0.15, 0.2) is 0 Å². The predicted octanol–water partition coefficient (Wildman–Crippen LogP) is 5.20. The summed E-state index contributed by atoms with van der Waals surface area (Å²) in [6, 6.07) is 17.6. The molecular formula is C20H23N. The van der Waals surface area contributed by atoms with Gasteiger partial charge in [-0.25, -0.2) is 0 Å². The number of fused-ring (bicyclic) bond motifs is 1. The summed E-state index contributed by atoms with van der Waals surface area (Å²) in [5, 5.41) is 1.41. The number of aryl methyl sites for hydroxylation is 5. The molecular weight excluding hydrogens is 254 g/mol. The van der Waals surface area contributed by atoms with E-state index in [4.69, 9.17) is 0 Å². The summed E-state index contributed by atoms with van der Waals surface area (Å²) in [5.41, 5.74) is 6.97. The van der Waals surface area contributed by atoms with Gasteiger partial charge in [0.05, 0.1) is 5.52 Å². The second-order valence-corrected chi connectivity index (χ2v) is 5.99. The monoisotopic (exact) mass is 277 g/mol. The molecule has 0 atom stereocenters. The highest BCUT2D eigenvalue weighted by atomic mass is 15.0. The van der Waals surface area contributed by atoms with Crippen molar-refractivity contribution in [2.24, 2.45) is 0 Å². The standard InChI is InChI=1S/C20H23N/c1-15-11-12-16(2)20-19(15)14-17(3)21(20)13-7-10-18-8-5-4-6-9-18/h4-6,8-9,11-12,14H,7,10,13H2,1-3H3. The molecule has 0 bridgehead atoms. The van der Waals surface area contributed by atoms with Crippen LogP contribution in [-0.2, 0) is 13.0 Å². The van der Waals surface area contributed by atoms with Crippen molar-refractivity contribution >= 4 is 10.9 Å². The van der Waals surface area contributed by atoms with Gasteiger partial charge in [-0.2, -0.15) is 0 Å². The van der Waals surface area contributed by atoms with Crippen LogP contribution in [-0.4, -0.2) is 4.57 Å². The van der Waals surface area contributed by atoms with Crippen molar-refractivity contribution < 1.29 is 0 Å². The molecule has 1 aromatic heterocycles. The molecule has 1 nitrogen and oxygen atoms in total. The molecule has 0 amide bonds. The van der Waals surface area contributed by atoms with Crippen LogP contribution in [0.2, 0.25) is 0 Å². The number of hydrogen-bond donors (Lipinski definition) is 0. The van der Waals surface area contributed by atoms with Crippen LogP contribution in [0.5, 0.6) is 0 Å². The second kappa shape index (κ2) is 5.77. The van der Waals surface area contributed by atoms with Crippen LogP contribution in [0.15, 0.2) is 48.5 Å². The van der Waals surface area contributed by atoms with Crippen LogP contribution in [0.25, 0.3) is 10.9 Å². The molecule has 0 saturated heterocycles. The lowest BCUT2D eigenvalue weighted by Gasteiger charge is -2.11. The first-order chi connectivity index (χ1) is 10.2. The lowest BCUT2D eigenvalue weighted by molar-refractivity contribution is 0.647. The van der Waals surface area contributed by atoms with E-state index in [1.807, 2.05) is 0 Å². The maximum absolute atomic E-state index is 2.49. The van der Waals surface area contributed by atoms with Gasteiger partial charge >= 0.3 is 0 Å². The Balaban J connectivity index is 1.84. The molecule has 0 aliphatic carbocycles. The van der Waals surface area contributed by atoms with E-state index >= 15 is 0 Å². The molecule has 1 heterocycles. The lowest BCUT2D eigenvalue weighted by Crippen LogP contribution is -2.02. The molecule has 0 fully saturated rings. The average molecular weight is 277 g/mol. The minimum atomic E-state index is 1.09. The normalized spacial score (nSPS) is 11.2. The quantitative estimate of drug-likeness (QED) is 0.617. The molecule has 3 rings (SSSR count). The summed E-state index contributed by atoms with van der Waals surface area (Å²) in [5.74, 6) is 0. The minimum Gasteiger partial charge on any atom is -0.345 e. The molecule has 108 valence electrons. The molecule has 0 spiro atoms. The van der Waals surface area contributed by atoms with Crippen LogP contribution in [0, 0.1) is 20.8 Å². The Bertz CT molecular complexity index is 750. The summed E-state index contributed by atoms with van der Waals surface area (Å²) < 4.78 is 2.49. The predicted molar refractivity (Wildman–Crippen MR) is 90.9 cm³/mol. The zero-order valence-electron chi connectivity index (χ0n) is 13.2. The highest BCUT2D eigenvalue weighted by Gasteiger charge is 2.09. The number of rotatable bonds is 4. The third kappa shape index (κ3) is 2.73. The van der Waals surface area contributed by atoms with Crippen molar-refractivity contribution in [2.45, 2.75) is 40.2 Å². The maximum atomic E-state index is 2.49. The van der Waals surface area contributed by atoms with Gasteiger partial charge in [0, 0.05) is 17.6 Å². The van der Waals surface area contributed by atoms with Crippen molar-refractivity contribution in [3.63, 3.8) is 0 Å². The molecule has 0 unspecified atom stereocenters. The van der Waals surface area contributed by atoms with Crippen LogP contribution >= 0.6 is 0 Å². The first-order valence-corrected chi connectivity index (χ1v) is 7.77. The van der Waals surface area contributed by atoms with E-state index in [0.29, 0.717) is 0 Å². The van der Waals surface area contributed by atoms with Crippen molar-refractivity contribution in [3.05, 3.63) is 70.9 Å². The Kier molecular flexibility index (Phi) is 3.83. The molecule has 0 radical (unpaired) electrons. The van der Waals surface area contributed by atoms with Gasteiger partial charge < -0.3 is 4.57 Å². The van der Waals surface area contributed by atoms with Crippen molar-refractivity contribution in [1.82, 2.24) is 4.57 Å². The molecule has 0 N–H and O–H groups in total. The summed E-state index contributed by atoms with van der Waals surface area (Å²) >= 11 is 0. The number of aromatic nitrogens is 1. The van der Waals surface area contributed by atoms with E-state index in [9.17, 15) is 0 Å². The van der Waals surface area contributed by atoms with Gasteiger partial charge in [-0.15, -0.1) is 0 Å². The Morgan fingerprint density at radius 3 is 2.33 bits per heavy atom. The third-order valence-corrected chi connectivity index (χ3v) is 4.38. The van der Waals surface area contributed by atoms with Gasteiger partial charge in [0.1, 0.15) is 0 Å². The van der Waals surface area contributed by atoms with E-state index in [2.05, 4.69) is 73.9 Å². The van der Waals surface area contributed by atoms with Gasteiger partial charge in [-0.1, -0.05) is 42.5 Å². The minimum absolute atomic E-state index is 1.09. The third-order valence-electron chi connectivity index (χ3n) is 4.38. The second-order valence-electron chi connectivity index (χ2n) is 5.99. The van der Waals surface area contributed by atoms with Crippen molar-refractivity contribution in [1.29, 1.82) is 0 Å². The molecule has 0 saturated carbocycles. The molecule has 1 heteroatoms. The van der Waals surface area contributed by atoms with E-state index in [-0.39, 0.29) is 0 Å². The molecule has 0 aliphatic rings. The van der Waals surface area contributed by atoms with Gasteiger partial charge in [-0.05, 0) is 56.4 Å². The van der Waals surface area contributed by atoms with Crippen LogP contribution in [0.4, 0.5) is 0 Å². The summed E-state index contributed by atoms with van der Waals surface area (Å²) in [6.45, 7) is 7.74.